The first-order chi connectivity index (χ1) is 6.75. The van der Waals surface area contributed by atoms with Crippen LogP contribution in [-0.4, -0.2) is 39.5 Å². The lowest BCUT2D eigenvalue weighted by atomic mass is 10.3. The quantitative estimate of drug-likeness (QED) is 0.560. The third kappa shape index (κ3) is 2.14. The average Bonchev–Trinajstić information content (AvgIpc) is 2.52. The summed E-state index contributed by atoms with van der Waals surface area (Å²) < 4.78 is 0. The van der Waals surface area contributed by atoms with Gasteiger partial charge in [-0.15, -0.1) is 0 Å². The number of thioether (sulfide) groups is 1. The summed E-state index contributed by atoms with van der Waals surface area (Å²) in [5.41, 5.74) is -0.164. The van der Waals surface area contributed by atoms with Crippen molar-refractivity contribution in [1.29, 1.82) is 0 Å². The van der Waals surface area contributed by atoms with Crippen molar-refractivity contribution < 1.29 is 5.11 Å². The molecule has 1 aliphatic rings. The van der Waals surface area contributed by atoms with Gasteiger partial charge >= 0.3 is 0 Å². The van der Waals surface area contributed by atoms with Gasteiger partial charge in [0.2, 0.25) is 0 Å². The number of rotatable bonds is 2. The molecule has 1 saturated heterocycles. The number of hydrogen-bond donors (Lipinski definition) is 3. The minimum atomic E-state index is -0.370. The molecule has 0 radical (unpaired) electrons. The Morgan fingerprint density at radius 1 is 1.57 bits per heavy atom. The molecule has 14 heavy (non-hydrogen) atoms. The molecule has 0 aromatic carbocycles. The Kier molecular flexibility index (Phi) is 2.85. The molecule has 76 valence electrons. The first kappa shape index (κ1) is 9.70. The minimum absolute atomic E-state index is 0.0700. The summed E-state index contributed by atoms with van der Waals surface area (Å²) in [6.45, 7) is 1.35. The van der Waals surface area contributed by atoms with Gasteiger partial charge in [-0.3, -0.25) is 4.79 Å². The summed E-state index contributed by atoms with van der Waals surface area (Å²) in [7, 11) is 0. The van der Waals surface area contributed by atoms with Crippen molar-refractivity contribution in [2.24, 2.45) is 0 Å². The summed E-state index contributed by atoms with van der Waals surface area (Å²) in [6.07, 6.45) is 1.10. The van der Waals surface area contributed by atoms with E-state index in [-0.39, 0.29) is 16.9 Å². The van der Waals surface area contributed by atoms with Crippen molar-refractivity contribution in [3.63, 3.8) is 0 Å². The normalized spacial score (nSPS) is 26.6. The Labute approximate surface area is 85.0 Å². The van der Waals surface area contributed by atoms with Crippen LogP contribution in [-0.2, 0) is 0 Å². The molecular formula is C8H11N3O2S. The number of aliphatic hydroxyl groups is 1. The second kappa shape index (κ2) is 4.12. The number of β-amino-alcohol motifs (C(OH)–C–C–N with tert-alkyl or cyclic N) is 1. The van der Waals surface area contributed by atoms with E-state index in [0.29, 0.717) is 11.7 Å². The van der Waals surface area contributed by atoms with E-state index in [1.807, 2.05) is 0 Å². The third-order valence-electron chi connectivity index (χ3n) is 2.04. The lowest BCUT2D eigenvalue weighted by molar-refractivity contribution is 0.201. The molecule has 2 atom stereocenters. The lowest BCUT2D eigenvalue weighted by Crippen LogP contribution is -2.21. The topological polar surface area (TPSA) is 78.0 Å². The van der Waals surface area contributed by atoms with Crippen LogP contribution in [0, 0.1) is 0 Å². The van der Waals surface area contributed by atoms with Gasteiger partial charge in [-0.05, 0) is 0 Å². The van der Waals surface area contributed by atoms with Gasteiger partial charge in [0.25, 0.3) is 5.56 Å². The standard InChI is InChI=1S/C8H11N3O2S/c12-5-3-9-4-6(5)14-8-10-2-1-7(13)11-8/h1-2,5-6,9,12H,3-4H2,(H,10,11,13). The van der Waals surface area contributed by atoms with Gasteiger partial charge in [-0.2, -0.15) is 0 Å². The van der Waals surface area contributed by atoms with Crippen LogP contribution in [0.5, 0.6) is 0 Å². The van der Waals surface area contributed by atoms with Crippen molar-refractivity contribution in [2.75, 3.05) is 13.1 Å². The van der Waals surface area contributed by atoms with Crippen LogP contribution in [0.15, 0.2) is 22.2 Å². The molecule has 1 fully saturated rings. The summed E-state index contributed by atoms with van der Waals surface area (Å²) in [4.78, 5) is 17.6. The highest BCUT2D eigenvalue weighted by atomic mass is 32.2. The number of aromatic nitrogens is 2. The molecule has 0 amide bonds. The van der Waals surface area contributed by atoms with Crippen LogP contribution in [0.1, 0.15) is 0 Å². The molecule has 2 heterocycles. The molecule has 5 nitrogen and oxygen atoms in total. The average molecular weight is 213 g/mol. The maximum Gasteiger partial charge on any atom is 0.251 e. The van der Waals surface area contributed by atoms with E-state index in [4.69, 9.17) is 0 Å². The monoisotopic (exact) mass is 213 g/mol. The Hall–Kier alpha value is -0.850. The second-order valence-corrected chi connectivity index (χ2v) is 4.35. The zero-order valence-electron chi connectivity index (χ0n) is 7.43. The smallest absolute Gasteiger partial charge is 0.251 e. The Morgan fingerprint density at radius 3 is 3.07 bits per heavy atom. The van der Waals surface area contributed by atoms with E-state index >= 15 is 0 Å². The van der Waals surface area contributed by atoms with Crippen molar-refractivity contribution in [3.05, 3.63) is 22.6 Å². The summed E-state index contributed by atoms with van der Waals surface area (Å²) >= 11 is 1.39. The first-order valence-corrected chi connectivity index (χ1v) is 5.24. The molecule has 1 aliphatic heterocycles. The highest BCUT2D eigenvalue weighted by Gasteiger charge is 2.26. The molecule has 0 bridgehead atoms. The van der Waals surface area contributed by atoms with Gasteiger partial charge in [0.15, 0.2) is 5.16 Å². The van der Waals surface area contributed by atoms with Gasteiger partial charge in [0.1, 0.15) is 0 Å². The Balaban J connectivity index is 2.07. The fraction of sp³-hybridized carbons (Fsp3) is 0.500. The largest absolute Gasteiger partial charge is 0.391 e. The van der Waals surface area contributed by atoms with Gasteiger partial charge in [-0.1, -0.05) is 11.8 Å². The van der Waals surface area contributed by atoms with Crippen LogP contribution in [0.3, 0.4) is 0 Å². The maximum atomic E-state index is 11.0. The van der Waals surface area contributed by atoms with E-state index in [2.05, 4.69) is 15.3 Å². The van der Waals surface area contributed by atoms with Gasteiger partial charge < -0.3 is 15.4 Å². The van der Waals surface area contributed by atoms with E-state index in [1.54, 1.807) is 0 Å². The fourth-order valence-corrected chi connectivity index (χ4v) is 2.34. The van der Waals surface area contributed by atoms with Crippen LogP contribution < -0.4 is 10.9 Å². The second-order valence-electron chi connectivity index (χ2n) is 3.12. The summed E-state index contributed by atoms with van der Waals surface area (Å²) in [6, 6.07) is 1.37. The number of nitrogens with one attached hydrogen (secondary N) is 2. The minimum Gasteiger partial charge on any atom is -0.391 e. The number of hydrogen-bond acceptors (Lipinski definition) is 5. The van der Waals surface area contributed by atoms with Gasteiger partial charge in [0, 0.05) is 25.4 Å². The van der Waals surface area contributed by atoms with Gasteiger partial charge in [-0.25, -0.2) is 4.98 Å². The Bertz CT molecular complexity index is 368. The zero-order chi connectivity index (χ0) is 9.97. The highest BCUT2D eigenvalue weighted by Crippen LogP contribution is 2.22. The lowest BCUT2D eigenvalue weighted by Gasteiger charge is -2.10. The van der Waals surface area contributed by atoms with Crippen molar-refractivity contribution in [2.45, 2.75) is 16.5 Å². The highest BCUT2D eigenvalue weighted by molar-refractivity contribution is 7.99. The first-order valence-electron chi connectivity index (χ1n) is 4.36. The molecule has 2 rings (SSSR count). The molecule has 2 unspecified atom stereocenters. The van der Waals surface area contributed by atoms with E-state index in [0.717, 1.165) is 6.54 Å². The van der Waals surface area contributed by atoms with Crippen molar-refractivity contribution >= 4 is 11.8 Å². The number of aliphatic hydroxyl groups excluding tert-OH is 1. The van der Waals surface area contributed by atoms with E-state index in [1.165, 1.54) is 24.0 Å². The maximum absolute atomic E-state index is 11.0. The molecule has 0 aliphatic carbocycles. The van der Waals surface area contributed by atoms with Crippen LogP contribution >= 0.6 is 11.8 Å². The molecule has 6 heteroatoms. The zero-order valence-corrected chi connectivity index (χ0v) is 8.25. The van der Waals surface area contributed by atoms with E-state index < -0.39 is 0 Å². The molecular weight excluding hydrogens is 202 g/mol. The predicted octanol–water partition coefficient (Wildman–Crippen LogP) is -0.805. The predicted molar refractivity (Wildman–Crippen MR) is 53.4 cm³/mol. The molecule has 1 aromatic rings. The van der Waals surface area contributed by atoms with E-state index in [9.17, 15) is 9.90 Å². The van der Waals surface area contributed by atoms with Crippen LogP contribution in [0.4, 0.5) is 0 Å². The number of H-pyrrole nitrogens is 1. The molecule has 0 saturated carbocycles. The Morgan fingerprint density at radius 2 is 2.43 bits per heavy atom. The molecule has 3 N–H and O–H groups in total. The fourth-order valence-electron chi connectivity index (χ4n) is 1.32. The van der Waals surface area contributed by atoms with Crippen molar-refractivity contribution in [1.82, 2.24) is 15.3 Å². The summed E-state index contributed by atoms with van der Waals surface area (Å²) in [5.74, 6) is 0. The van der Waals surface area contributed by atoms with Crippen molar-refractivity contribution in [3.8, 4) is 0 Å². The summed E-state index contributed by atoms with van der Waals surface area (Å²) in [5, 5.41) is 13.2. The SMILES string of the molecule is O=c1ccnc(SC2CNCC2O)[nH]1. The third-order valence-corrected chi connectivity index (χ3v) is 3.25. The number of nitrogens with zero attached hydrogens (tertiary/aromatic N) is 1. The van der Waals surface area contributed by atoms with Gasteiger partial charge in [0.05, 0.1) is 11.4 Å². The number of aromatic amines is 1. The molecule has 1 aromatic heterocycles. The van der Waals surface area contributed by atoms with Crippen LogP contribution in [0.25, 0.3) is 0 Å². The molecule has 0 spiro atoms. The van der Waals surface area contributed by atoms with Crippen LogP contribution in [0.2, 0.25) is 0 Å².